The van der Waals surface area contributed by atoms with Crippen LogP contribution in [0, 0.1) is 0 Å². The molecule has 2 rings (SSSR count). The Bertz CT molecular complexity index is 602. The van der Waals surface area contributed by atoms with Crippen LogP contribution in [0.3, 0.4) is 0 Å². The first-order valence-electron chi connectivity index (χ1n) is 6.69. The third-order valence-corrected chi connectivity index (χ3v) is 4.04. The van der Waals surface area contributed by atoms with Crippen LogP contribution in [0.2, 0.25) is 10.0 Å². The molecule has 2 aromatic rings. The zero-order chi connectivity index (χ0) is 15.1. The van der Waals surface area contributed by atoms with Gasteiger partial charge in [-0.3, -0.25) is 0 Å². The molecule has 0 saturated carbocycles. The van der Waals surface area contributed by atoms with Crippen molar-refractivity contribution in [2.24, 2.45) is 0 Å². The van der Waals surface area contributed by atoms with Crippen molar-refractivity contribution in [3.63, 3.8) is 0 Å². The molecule has 0 heterocycles. The van der Waals surface area contributed by atoms with E-state index in [9.17, 15) is 0 Å². The van der Waals surface area contributed by atoms with Crippen LogP contribution < -0.4 is 10.6 Å². The number of nitrogens with one attached hydrogen (secondary N) is 2. The summed E-state index contributed by atoms with van der Waals surface area (Å²) in [6.45, 7) is 0.804. The van der Waals surface area contributed by atoms with Crippen LogP contribution in [-0.4, -0.2) is 11.7 Å². The summed E-state index contributed by atoms with van der Waals surface area (Å²) in [6, 6.07) is 15.8. The molecular weight excluding hydrogens is 323 g/mol. The molecule has 110 valence electrons. The van der Waals surface area contributed by atoms with E-state index in [0.717, 1.165) is 19.4 Å². The van der Waals surface area contributed by atoms with Gasteiger partial charge in [-0.15, -0.1) is 0 Å². The molecule has 0 saturated heterocycles. The first kappa shape index (κ1) is 16.1. The molecule has 0 aliphatic heterocycles. The molecule has 0 aliphatic rings. The maximum absolute atomic E-state index is 6.10. The lowest BCUT2D eigenvalue weighted by molar-refractivity contribution is 0.777. The number of halogens is 2. The van der Waals surface area contributed by atoms with Crippen molar-refractivity contribution >= 4 is 46.2 Å². The Kier molecular flexibility index (Phi) is 6.30. The van der Waals surface area contributed by atoms with Crippen molar-refractivity contribution in [1.82, 2.24) is 5.32 Å². The van der Waals surface area contributed by atoms with Crippen LogP contribution in [0.15, 0.2) is 48.5 Å². The van der Waals surface area contributed by atoms with Gasteiger partial charge in [0.05, 0.1) is 15.7 Å². The number of anilines is 1. The van der Waals surface area contributed by atoms with Crippen LogP contribution in [0.4, 0.5) is 5.69 Å². The summed E-state index contributed by atoms with van der Waals surface area (Å²) in [5, 5.41) is 7.76. The Morgan fingerprint density at radius 2 is 1.76 bits per heavy atom. The van der Waals surface area contributed by atoms with Gasteiger partial charge in [0.25, 0.3) is 0 Å². The van der Waals surface area contributed by atoms with Crippen molar-refractivity contribution in [1.29, 1.82) is 0 Å². The van der Waals surface area contributed by atoms with E-state index in [2.05, 4.69) is 34.9 Å². The molecule has 2 aromatic carbocycles. The van der Waals surface area contributed by atoms with Crippen LogP contribution >= 0.6 is 35.4 Å². The van der Waals surface area contributed by atoms with E-state index in [4.69, 9.17) is 35.4 Å². The molecular formula is C16H16Cl2N2S. The van der Waals surface area contributed by atoms with Crippen molar-refractivity contribution in [2.45, 2.75) is 12.8 Å². The largest absolute Gasteiger partial charge is 0.362 e. The fourth-order valence-electron chi connectivity index (χ4n) is 1.91. The monoisotopic (exact) mass is 338 g/mol. The Morgan fingerprint density at radius 1 is 1.00 bits per heavy atom. The molecule has 5 heteroatoms. The number of hydrogen-bond acceptors (Lipinski definition) is 1. The van der Waals surface area contributed by atoms with E-state index < -0.39 is 0 Å². The minimum atomic E-state index is 0.479. The lowest BCUT2D eigenvalue weighted by atomic mass is 10.1. The summed E-state index contributed by atoms with van der Waals surface area (Å²) in [5.74, 6) is 0. The van der Waals surface area contributed by atoms with Gasteiger partial charge >= 0.3 is 0 Å². The minimum Gasteiger partial charge on any atom is -0.362 e. The molecule has 0 bridgehead atoms. The number of thiocarbonyl (C=S) groups is 1. The van der Waals surface area contributed by atoms with Gasteiger partial charge in [0.15, 0.2) is 5.11 Å². The highest BCUT2D eigenvalue weighted by molar-refractivity contribution is 7.80. The van der Waals surface area contributed by atoms with Gasteiger partial charge in [-0.25, -0.2) is 0 Å². The average Bonchev–Trinajstić information content (AvgIpc) is 2.49. The van der Waals surface area contributed by atoms with Crippen molar-refractivity contribution in [3.05, 3.63) is 64.1 Å². The molecule has 0 amide bonds. The highest BCUT2D eigenvalue weighted by atomic mass is 35.5. The van der Waals surface area contributed by atoms with E-state index in [1.165, 1.54) is 5.56 Å². The summed E-state index contributed by atoms with van der Waals surface area (Å²) in [5.41, 5.74) is 2.04. The zero-order valence-corrected chi connectivity index (χ0v) is 13.7. The van der Waals surface area contributed by atoms with Gasteiger partial charge in [0, 0.05) is 6.54 Å². The van der Waals surface area contributed by atoms with Gasteiger partial charge < -0.3 is 10.6 Å². The number of benzene rings is 2. The fraction of sp³-hybridized carbons (Fsp3) is 0.188. The molecule has 0 aromatic heterocycles. The van der Waals surface area contributed by atoms with E-state index in [0.29, 0.717) is 20.8 Å². The predicted molar refractivity (Wildman–Crippen MR) is 95.4 cm³/mol. The third-order valence-electron chi connectivity index (χ3n) is 2.97. The van der Waals surface area contributed by atoms with Crippen LogP contribution in [0.25, 0.3) is 0 Å². The summed E-state index contributed by atoms with van der Waals surface area (Å²) < 4.78 is 0. The molecule has 0 fully saturated rings. The van der Waals surface area contributed by atoms with Crippen molar-refractivity contribution < 1.29 is 0 Å². The van der Waals surface area contributed by atoms with Gasteiger partial charge in [0.2, 0.25) is 0 Å². The molecule has 0 radical (unpaired) electrons. The normalized spacial score (nSPS) is 10.2. The van der Waals surface area contributed by atoms with E-state index in [1.807, 2.05) is 18.2 Å². The van der Waals surface area contributed by atoms with Crippen molar-refractivity contribution in [2.75, 3.05) is 11.9 Å². The first-order valence-corrected chi connectivity index (χ1v) is 7.86. The van der Waals surface area contributed by atoms with Gasteiger partial charge in [-0.1, -0.05) is 59.6 Å². The Hall–Kier alpha value is -1.29. The summed E-state index contributed by atoms with van der Waals surface area (Å²) in [4.78, 5) is 0. The topological polar surface area (TPSA) is 24.1 Å². The van der Waals surface area contributed by atoms with Crippen LogP contribution in [0.1, 0.15) is 12.0 Å². The van der Waals surface area contributed by atoms with Gasteiger partial charge in [0.1, 0.15) is 0 Å². The minimum absolute atomic E-state index is 0.479. The Labute approximate surface area is 140 Å². The maximum atomic E-state index is 6.10. The molecule has 0 atom stereocenters. The highest BCUT2D eigenvalue weighted by Gasteiger charge is 2.05. The smallest absolute Gasteiger partial charge is 0.170 e. The SMILES string of the molecule is S=C(NCCCc1ccccc1)Nc1cccc(Cl)c1Cl. The summed E-state index contributed by atoms with van der Waals surface area (Å²) in [6.07, 6.45) is 2.03. The number of rotatable bonds is 5. The predicted octanol–water partition coefficient (Wildman–Crippen LogP) is 4.91. The van der Waals surface area contributed by atoms with Crippen LogP contribution in [0.5, 0.6) is 0 Å². The molecule has 0 spiro atoms. The average molecular weight is 339 g/mol. The second-order valence-electron chi connectivity index (χ2n) is 4.57. The summed E-state index contributed by atoms with van der Waals surface area (Å²) in [7, 11) is 0. The molecule has 2 nitrogen and oxygen atoms in total. The van der Waals surface area contributed by atoms with E-state index >= 15 is 0 Å². The first-order chi connectivity index (χ1) is 10.2. The molecule has 0 unspecified atom stereocenters. The molecule has 2 N–H and O–H groups in total. The zero-order valence-electron chi connectivity index (χ0n) is 11.4. The van der Waals surface area contributed by atoms with Crippen molar-refractivity contribution in [3.8, 4) is 0 Å². The second-order valence-corrected chi connectivity index (χ2v) is 5.76. The number of aryl methyl sites for hydroxylation is 1. The molecule has 21 heavy (non-hydrogen) atoms. The summed E-state index contributed by atoms with van der Waals surface area (Å²) >= 11 is 17.3. The van der Waals surface area contributed by atoms with E-state index in [1.54, 1.807) is 6.07 Å². The Balaban J connectivity index is 1.74. The molecule has 0 aliphatic carbocycles. The quantitative estimate of drug-likeness (QED) is 0.598. The highest BCUT2D eigenvalue weighted by Crippen LogP contribution is 2.29. The standard InChI is InChI=1S/C16H16Cl2N2S/c17-13-9-4-10-14(15(13)18)20-16(21)19-11-5-8-12-6-2-1-3-7-12/h1-4,6-7,9-10H,5,8,11H2,(H2,19,20,21). The maximum Gasteiger partial charge on any atom is 0.170 e. The van der Waals surface area contributed by atoms with Gasteiger partial charge in [-0.2, -0.15) is 0 Å². The fourth-order valence-corrected chi connectivity index (χ4v) is 2.47. The van der Waals surface area contributed by atoms with Gasteiger partial charge in [-0.05, 0) is 42.8 Å². The lowest BCUT2D eigenvalue weighted by Crippen LogP contribution is -2.29. The Morgan fingerprint density at radius 3 is 2.52 bits per heavy atom. The second kappa shape index (κ2) is 8.23. The third kappa shape index (κ3) is 5.20. The van der Waals surface area contributed by atoms with E-state index in [-0.39, 0.29) is 0 Å². The number of hydrogen-bond donors (Lipinski definition) is 2. The van der Waals surface area contributed by atoms with Crippen LogP contribution in [-0.2, 0) is 6.42 Å². The lowest BCUT2D eigenvalue weighted by Gasteiger charge is -2.12.